The van der Waals surface area contributed by atoms with Crippen LogP contribution < -0.4 is 20.3 Å². The first-order valence-electron chi connectivity index (χ1n) is 12.8. The third-order valence-corrected chi connectivity index (χ3v) is 7.24. The van der Waals surface area contributed by atoms with E-state index in [1.165, 1.54) is 63.8 Å². The number of nitrogens with one attached hydrogen (secondary N) is 2. The largest absolute Gasteiger partial charge is 0.494 e. The Morgan fingerprint density at radius 2 is 1.74 bits per heavy atom. The van der Waals surface area contributed by atoms with Crippen LogP contribution in [0, 0.1) is 11.7 Å². The predicted molar refractivity (Wildman–Crippen MR) is 133 cm³/mol. The number of allylic oxidation sites excluding steroid dienone is 2. The molecule has 2 fully saturated rings. The molecule has 1 unspecified atom stereocenters. The van der Waals surface area contributed by atoms with E-state index in [2.05, 4.69) is 26.6 Å². The van der Waals surface area contributed by atoms with Gasteiger partial charge in [-0.2, -0.15) is 15.0 Å². The van der Waals surface area contributed by atoms with Gasteiger partial charge in [0.15, 0.2) is 11.6 Å². The van der Waals surface area contributed by atoms with Gasteiger partial charge in [-0.1, -0.05) is 31.8 Å². The number of ether oxygens (including phenoxy) is 1. The number of nitrogens with zero attached hydrogens (tertiary/aromatic N) is 4. The quantitative estimate of drug-likeness (QED) is 0.492. The normalized spacial score (nSPS) is 21.3. The van der Waals surface area contributed by atoms with Gasteiger partial charge in [0.05, 0.1) is 7.11 Å². The molecule has 1 atom stereocenters. The van der Waals surface area contributed by atoms with Gasteiger partial charge in [-0.3, -0.25) is 0 Å². The molecule has 0 bridgehead atoms. The topological polar surface area (TPSA) is 75.2 Å². The van der Waals surface area contributed by atoms with Crippen molar-refractivity contribution in [2.24, 2.45) is 5.92 Å². The number of rotatable bonds is 6. The predicted octanol–water partition coefficient (Wildman–Crippen LogP) is 6.18. The van der Waals surface area contributed by atoms with Gasteiger partial charge in [-0.25, -0.2) is 4.39 Å². The molecule has 3 aliphatic rings. The maximum Gasteiger partial charge on any atom is 0.236 e. The van der Waals surface area contributed by atoms with Gasteiger partial charge in [0, 0.05) is 30.0 Å². The number of fused-ring (bicyclic) bond motifs is 1. The van der Waals surface area contributed by atoms with Crippen LogP contribution in [0.2, 0.25) is 0 Å². The second-order valence-electron chi connectivity index (χ2n) is 9.64. The van der Waals surface area contributed by atoms with Gasteiger partial charge in [-0.15, -0.1) is 0 Å². The Balaban J connectivity index is 1.46. The van der Waals surface area contributed by atoms with Gasteiger partial charge >= 0.3 is 0 Å². The molecule has 1 saturated carbocycles. The summed E-state index contributed by atoms with van der Waals surface area (Å²) in [4.78, 5) is 16.6. The average Bonchev–Trinajstić information content (AvgIpc) is 3.12. The zero-order valence-corrected chi connectivity index (χ0v) is 20.0. The highest BCUT2D eigenvalue weighted by Crippen LogP contribution is 2.37. The Labute approximate surface area is 201 Å². The molecule has 0 radical (unpaired) electrons. The lowest BCUT2D eigenvalue weighted by Crippen LogP contribution is -2.36. The van der Waals surface area contributed by atoms with Crippen molar-refractivity contribution in [2.45, 2.75) is 76.7 Å². The van der Waals surface area contributed by atoms with E-state index >= 15 is 0 Å². The number of aromatic nitrogens is 3. The molecular weight excluding hydrogens is 431 g/mol. The van der Waals surface area contributed by atoms with Crippen molar-refractivity contribution >= 4 is 23.5 Å². The summed E-state index contributed by atoms with van der Waals surface area (Å²) in [7, 11) is 1.46. The molecule has 2 heterocycles. The highest BCUT2D eigenvalue weighted by Gasteiger charge is 2.30. The molecule has 2 N–H and O–H groups in total. The van der Waals surface area contributed by atoms with E-state index in [9.17, 15) is 4.39 Å². The number of piperidine rings is 1. The minimum absolute atomic E-state index is 0.209. The monoisotopic (exact) mass is 466 g/mol. The maximum atomic E-state index is 14.3. The van der Waals surface area contributed by atoms with Crippen LogP contribution in [0.15, 0.2) is 30.0 Å². The molecule has 2 aromatic rings. The second-order valence-corrected chi connectivity index (χ2v) is 9.64. The molecule has 1 aromatic carbocycles. The molecule has 0 spiro atoms. The standard InChI is InChI=1S/C26H35FN6O/c1-34-23-15-14-20(17-21(23)27)29-25-30-24(28-19-11-4-2-3-5-12-19)31-26(32-25)33-16-8-10-18-9-6-7-13-22(18)33/h13-15,17-19H,2-12,16H2,1H3,(H2,28,29,30,31,32). The van der Waals surface area contributed by atoms with Crippen molar-refractivity contribution in [3.05, 3.63) is 35.8 Å². The SMILES string of the molecule is COc1ccc(Nc2nc(NC3CCCCCC3)nc(N3CCCC4CCCC=C43)n2)cc1F. The van der Waals surface area contributed by atoms with Crippen LogP contribution >= 0.6 is 0 Å². The van der Waals surface area contributed by atoms with Crippen LogP contribution in [0.4, 0.5) is 27.9 Å². The number of halogens is 1. The Bertz CT molecular complexity index is 1020. The molecule has 0 amide bonds. The Kier molecular flexibility index (Phi) is 7.11. The first-order chi connectivity index (χ1) is 16.7. The van der Waals surface area contributed by atoms with Gasteiger partial charge in [0.2, 0.25) is 17.8 Å². The molecule has 34 heavy (non-hydrogen) atoms. The lowest BCUT2D eigenvalue weighted by molar-refractivity contribution is 0.386. The Morgan fingerprint density at radius 3 is 2.53 bits per heavy atom. The van der Waals surface area contributed by atoms with Crippen molar-refractivity contribution in [1.82, 2.24) is 15.0 Å². The van der Waals surface area contributed by atoms with E-state index in [1.807, 2.05) is 0 Å². The van der Waals surface area contributed by atoms with Crippen molar-refractivity contribution in [2.75, 3.05) is 29.2 Å². The smallest absolute Gasteiger partial charge is 0.236 e. The first-order valence-corrected chi connectivity index (χ1v) is 12.8. The van der Waals surface area contributed by atoms with Gasteiger partial charge in [0.1, 0.15) is 0 Å². The maximum absolute atomic E-state index is 14.3. The van der Waals surface area contributed by atoms with Crippen LogP contribution in [-0.2, 0) is 0 Å². The lowest BCUT2D eigenvalue weighted by atomic mass is 9.85. The molecule has 1 aliphatic heterocycles. The average molecular weight is 467 g/mol. The number of benzene rings is 1. The Hall–Kier alpha value is -2.90. The van der Waals surface area contributed by atoms with Gasteiger partial charge in [-0.05, 0) is 63.0 Å². The van der Waals surface area contributed by atoms with E-state index in [0.717, 1.165) is 32.2 Å². The zero-order valence-electron chi connectivity index (χ0n) is 20.0. The van der Waals surface area contributed by atoms with Crippen molar-refractivity contribution in [3.8, 4) is 5.75 Å². The third-order valence-electron chi connectivity index (χ3n) is 7.24. The molecule has 1 aromatic heterocycles. The summed E-state index contributed by atoms with van der Waals surface area (Å²) in [6, 6.07) is 5.14. The fraction of sp³-hybridized carbons (Fsp3) is 0.577. The summed E-state index contributed by atoms with van der Waals surface area (Å²) < 4.78 is 19.3. The number of hydrogen-bond donors (Lipinski definition) is 2. The number of anilines is 4. The van der Waals surface area contributed by atoms with Gasteiger partial charge in [0.25, 0.3) is 0 Å². The molecule has 2 aliphatic carbocycles. The molecule has 1 saturated heterocycles. The zero-order chi connectivity index (χ0) is 23.3. The third kappa shape index (κ3) is 5.26. The molecule has 5 rings (SSSR count). The summed E-state index contributed by atoms with van der Waals surface area (Å²) in [5.74, 6) is 2.05. The molecule has 182 valence electrons. The van der Waals surface area contributed by atoms with E-state index in [1.54, 1.807) is 12.1 Å². The van der Waals surface area contributed by atoms with Crippen LogP contribution in [0.1, 0.15) is 70.6 Å². The minimum atomic E-state index is -0.426. The van der Waals surface area contributed by atoms with E-state index < -0.39 is 5.82 Å². The molecule has 8 heteroatoms. The van der Waals surface area contributed by atoms with Crippen molar-refractivity contribution < 1.29 is 9.13 Å². The second kappa shape index (κ2) is 10.6. The summed E-state index contributed by atoms with van der Waals surface area (Å²) in [5.41, 5.74) is 1.93. The molecular formula is C26H35FN6O. The lowest BCUT2D eigenvalue weighted by Gasteiger charge is -2.38. The summed E-state index contributed by atoms with van der Waals surface area (Å²) in [6.07, 6.45) is 15.6. The van der Waals surface area contributed by atoms with E-state index in [0.29, 0.717) is 35.5 Å². The van der Waals surface area contributed by atoms with Crippen LogP contribution in [0.3, 0.4) is 0 Å². The Morgan fingerprint density at radius 1 is 0.941 bits per heavy atom. The molecule has 7 nitrogen and oxygen atoms in total. The van der Waals surface area contributed by atoms with Gasteiger partial charge < -0.3 is 20.3 Å². The van der Waals surface area contributed by atoms with Crippen LogP contribution in [0.5, 0.6) is 5.75 Å². The summed E-state index contributed by atoms with van der Waals surface area (Å²) in [6.45, 7) is 0.909. The minimum Gasteiger partial charge on any atom is -0.494 e. The number of hydrogen-bond acceptors (Lipinski definition) is 7. The van der Waals surface area contributed by atoms with E-state index in [-0.39, 0.29) is 5.75 Å². The number of methoxy groups -OCH3 is 1. The first kappa shape index (κ1) is 22.9. The highest BCUT2D eigenvalue weighted by atomic mass is 19.1. The summed E-state index contributed by atoms with van der Waals surface area (Å²) in [5, 5.41) is 6.78. The highest BCUT2D eigenvalue weighted by molar-refractivity contribution is 5.58. The van der Waals surface area contributed by atoms with Crippen molar-refractivity contribution in [1.29, 1.82) is 0 Å². The van der Waals surface area contributed by atoms with E-state index in [4.69, 9.17) is 14.7 Å². The fourth-order valence-electron chi connectivity index (χ4n) is 5.48. The van der Waals surface area contributed by atoms with Crippen molar-refractivity contribution in [3.63, 3.8) is 0 Å². The van der Waals surface area contributed by atoms with Crippen LogP contribution in [-0.4, -0.2) is 34.6 Å². The summed E-state index contributed by atoms with van der Waals surface area (Å²) >= 11 is 0. The van der Waals surface area contributed by atoms with Crippen LogP contribution in [0.25, 0.3) is 0 Å². The fourth-order valence-corrected chi connectivity index (χ4v) is 5.48.